The zero-order valence-corrected chi connectivity index (χ0v) is 37.6. The van der Waals surface area contributed by atoms with E-state index in [1.807, 2.05) is 17.4 Å². The Morgan fingerprint density at radius 1 is 0.250 bits per heavy atom. The van der Waals surface area contributed by atoms with Gasteiger partial charge in [0, 0.05) is 36.9 Å². The molecule has 0 saturated carbocycles. The Balaban J connectivity index is 0.812. The van der Waals surface area contributed by atoms with Crippen molar-refractivity contribution in [3.63, 3.8) is 0 Å². The van der Waals surface area contributed by atoms with Crippen LogP contribution in [0.3, 0.4) is 0 Å². The smallest absolute Gasteiger partial charge is 0.164 e. The second-order valence-corrected chi connectivity index (χ2v) is 18.9. The van der Waals surface area contributed by atoms with Crippen molar-refractivity contribution in [3.05, 3.63) is 259 Å². The number of rotatable bonds is 6. The summed E-state index contributed by atoms with van der Waals surface area (Å²) >= 11 is 1.81. The van der Waals surface area contributed by atoms with Crippen LogP contribution in [0.15, 0.2) is 237 Å². The molecule has 14 rings (SSSR count). The van der Waals surface area contributed by atoms with E-state index in [1.165, 1.54) is 81.4 Å². The highest BCUT2D eigenvalue weighted by Crippen LogP contribution is 2.63. The van der Waals surface area contributed by atoms with Gasteiger partial charge in [-0.05, 0) is 108 Å². The lowest BCUT2D eigenvalue weighted by atomic mass is 9.70. The van der Waals surface area contributed by atoms with Gasteiger partial charge in [-0.25, -0.2) is 15.0 Å². The standard InChI is InChI=1S/C64H39N3S/c1-2-12-40(13-3-1)41-26-30-45(31-27-41)61-65-62(67-63(66-61)48-35-37-60-54(38-48)53-17-7-11-21-59(53)68-60)46-32-28-43(29-33-46)42-22-24-44(25-23-42)47-34-36-52-51-16-6-10-20-57(51)64(58(52)39-47)55-18-8-4-14-49(55)50-15-5-9-19-56(50)64/h1-39H. The van der Waals surface area contributed by atoms with E-state index in [0.29, 0.717) is 17.5 Å². The Morgan fingerprint density at radius 2 is 0.632 bits per heavy atom. The predicted molar refractivity (Wildman–Crippen MR) is 282 cm³/mol. The Hall–Kier alpha value is -8.57. The summed E-state index contributed by atoms with van der Waals surface area (Å²) in [5, 5.41) is 2.46. The van der Waals surface area contributed by atoms with Crippen LogP contribution in [0.4, 0.5) is 0 Å². The van der Waals surface area contributed by atoms with E-state index in [2.05, 4.69) is 231 Å². The minimum atomic E-state index is -0.365. The van der Waals surface area contributed by atoms with E-state index in [1.54, 1.807) is 0 Å². The van der Waals surface area contributed by atoms with Gasteiger partial charge in [-0.2, -0.15) is 0 Å². The molecule has 10 aromatic carbocycles. The zero-order chi connectivity index (χ0) is 44.8. The van der Waals surface area contributed by atoms with Crippen molar-refractivity contribution in [1.29, 1.82) is 0 Å². The quantitative estimate of drug-likeness (QED) is 0.167. The molecule has 4 heteroatoms. The molecule has 3 nitrogen and oxygen atoms in total. The van der Waals surface area contributed by atoms with Crippen LogP contribution in [0.25, 0.3) is 110 Å². The first kappa shape index (κ1) is 38.7. The summed E-state index contributed by atoms with van der Waals surface area (Å²) in [5.41, 5.74) is 20.2. The molecule has 0 fully saturated rings. The van der Waals surface area contributed by atoms with Gasteiger partial charge in [-0.15, -0.1) is 11.3 Å². The molecule has 316 valence electrons. The van der Waals surface area contributed by atoms with Gasteiger partial charge in [-0.3, -0.25) is 0 Å². The first-order chi connectivity index (χ1) is 33.7. The van der Waals surface area contributed by atoms with Gasteiger partial charge >= 0.3 is 0 Å². The van der Waals surface area contributed by atoms with Crippen molar-refractivity contribution in [2.45, 2.75) is 5.41 Å². The monoisotopic (exact) mass is 881 g/mol. The SMILES string of the molecule is c1ccc(-c2ccc(-c3nc(-c4ccc(-c5ccc(-c6ccc7c(c6)C6(c8ccccc8-c8ccccc86)c6ccccc6-7)cc5)cc4)nc(-c4ccc5sc6ccccc6c5c4)n3)cc2)cc1. The third-order valence-corrected chi connectivity index (χ3v) is 15.4. The van der Waals surface area contributed by atoms with E-state index >= 15 is 0 Å². The Labute approximate surface area is 398 Å². The molecule has 1 spiro atoms. The van der Waals surface area contributed by atoms with E-state index in [0.717, 1.165) is 33.4 Å². The molecule has 0 bridgehead atoms. The van der Waals surface area contributed by atoms with E-state index in [4.69, 9.17) is 15.0 Å². The van der Waals surface area contributed by atoms with Crippen LogP contribution in [-0.2, 0) is 5.41 Å². The van der Waals surface area contributed by atoms with Crippen LogP contribution >= 0.6 is 11.3 Å². The van der Waals surface area contributed by atoms with Crippen LogP contribution in [0, 0.1) is 0 Å². The van der Waals surface area contributed by atoms with Crippen LogP contribution < -0.4 is 0 Å². The summed E-state index contributed by atoms with van der Waals surface area (Å²) < 4.78 is 2.52. The van der Waals surface area contributed by atoms with E-state index in [-0.39, 0.29) is 5.41 Å². The molecule has 0 aliphatic heterocycles. The lowest BCUT2D eigenvalue weighted by molar-refractivity contribution is 0.794. The minimum absolute atomic E-state index is 0.365. The molecule has 0 N–H and O–H groups in total. The molecule has 2 heterocycles. The second kappa shape index (κ2) is 15.2. The molecule has 68 heavy (non-hydrogen) atoms. The average molecular weight is 882 g/mol. The molecule has 0 amide bonds. The predicted octanol–water partition coefficient (Wildman–Crippen LogP) is 16.6. The molecular formula is C64H39N3S. The third-order valence-electron chi connectivity index (χ3n) is 14.2. The largest absolute Gasteiger partial charge is 0.208 e. The van der Waals surface area contributed by atoms with Crippen molar-refractivity contribution >= 4 is 31.5 Å². The first-order valence-electron chi connectivity index (χ1n) is 23.2. The second-order valence-electron chi connectivity index (χ2n) is 17.9. The number of fused-ring (bicyclic) bond motifs is 13. The summed E-state index contributed by atoms with van der Waals surface area (Å²) in [6.45, 7) is 0. The van der Waals surface area contributed by atoms with Gasteiger partial charge in [0.15, 0.2) is 17.5 Å². The maximum atomic E-state index is 5.15. The average Bonchev–Trinajstić information content (AvgIpc) is 4.05. The van der Waals surface area contributed by atoms with Crippen LogP contribution in [-0.4, -0.2) is 15.0 Å². The summed E-state index contributed by atoms with van der Waals surface area (Å²) in [7, 11) is 0. The maximum absolute atomic E-state index is 5.15. The topological polar surface area (TPSA) is 38.7 Å². The third kappa shape index (κ3) is 5.94. The molecule has 0 unspecified atom stereocenters. The summed E-state index contributed by atoms with van der Waals surface area (Å²) in [5.74, 6) is 1.93. The number of aromatic nitrogens is 3. The van der Waals surface area contributed by atoms with Gasteiger partial charge in [0.1, 0.15) is 0 Å². The van der Waals surface area contributed by atoms with E-state index < -0.39 is 0 Å². The fourth-order valence-corrected chi connectivity index (χ4v) is 12.1. The Kier molecular flexibility index (Phi) is 8.67. The number of nitrogens with zero attached hydrogens (tertiary/aromatic N) is 3. The van der Waals surface area contributed by atoms with Crippen LogP contribution in [0.1, 0.15) is 22.3 Å². The minimum Gasteiger partial charge on any atom is -0.208 e. The van der Waals surface area contributed by atoms with Crippen molar-refractivity contribution in [3.8, 4) is 89.8 Å². The van der Waals surface area contributed by atoms with Gasteiger partial charge in [0.05, 0.1) is 5.41 Å². The maximum Gasteiger partial charge on any atom is 0.164 e. The molecule has 12 aromatic rings. The molecule has 2 aromatic heterocycles. The van der Waals surface area contributed by atoms with Gasteiger partial charge in [0.25, 0.3) is 0 Å². The first-order valence-corrected chi connectivity index (χ1v) is 24.0. The summed E-state index contributed by atoms with van der Waals surface area (Å²) in [4.78, 5) is 15.4. The van der Waals surface area contributed by atoms with E-state index in [9.17, 15) is 0 Å². The van der Waals surface area contributed by atoms with Crippen molar-refractivity contribution < 1.29 is 0 Å². The fraction of sp³-hybridized carbons (Fsp3) is 0.0156. The number of benzene rings is 10. The summed E-state index contributed by atoms with van der Waals surface area (Å²) in [6, 6.07) is 85.8. The lowest BCUT2D eigenvalue weighted by Gasteiger charge is -2.30. The van der Waals surface area contributed by atoms with Crippen molar-refractivity contribution in [2.75, 3.05) is 0 Å². The van der Waals surface area contributed by atoms with Crippen molar-refractivity contribution in [2.24, 2.45) is 0 Å². The van der Waals surface area contributed by atoms with Gasteiger partial charge < -0.3 is 0 Å². The molecular weight excluding hydrogens is 843 g/mol. The molecule has 2 aliphatic carbocycles. The highest BCUT2D eigenvalue weighted by Gasteiger charge is 2.51. The van der Waals surface area contributed by atoms with Crippen molar-refractivity contribution in [1.82, 2.24) is 15.0 Å². The molecule has 2 aliphatic rings. The highest BCUT2D eigenvalue weighted by atomic mass is 32.1. The zero-order valence-electron chi connectivity index (χ0n) is 36.8. The number of hydrogen-bond donors (Lipinski definition) is 0. The highest BCUT2D eigenvalue weighted by molar-refractivity contribution is 7.25. The number of hydrogen-bond acceptors (Lipinski definition) is 4. The van der Waals surface area contributed by atoms with Gasteiger partial charge in [0.2, 0.25) is 0 Å². The molecule has 0 atom stereocenters. The number of thiophene rings is 1. The molecule has 0 saturated heterocycles. The van der Waals surface area contributed by atoms with Crippen LogP contribution in [0.2, 0.25) is 0 Å². The van der Waals surface area contributed by atoms with Gasteiger partial charge in [-0.1, -0.05) is 206 Å². The lowest BCUT2D eigenvalue weighted by Crippen LogP contribution is -2.25. The fourth-order valence-electron chi connectivity index (χ4n) is 11.0. The Bertz CT molecular complexity index is 3880. The van der Waals surface area contributed by atoms with Crippen LogP contribution in [0.5, 0.6) is 0 Å². The normalized spacial score (nSPS) is 12.8. The molecule has 0 radical (unpaired) electrons. The Morgan fingerprint density at radius 3 is 1.19 bits per heavy atom. The summed E-state index contributed by atoms with van der Waals surface area (Å²) in [6.07, 6.45) is 0.